The Morgan fingerprint density at radius 3 is 2.64 bits per heavy atom. The lowest BCUT2D eigenvalue weighted by Gasteiger charge is -2.06. The SMILES string of the molecule is Cc1cccc2c1nc1ccc3ccc4cccnc4c3n12. The van der Waals surface area contributed by atoms with E-state index >= 15 is 0 Å². The van der Waals surface area contributed by atoms with Crippen LogP contribution in [0.3, 0.4) is 0 Å². The molecule has 0 saturated heterocycles. The molecule has 3 aromatic heterocycles. The normalized spacial score (nSPS) is 11.9. The minimum absolute atomic E-state index is 0.968. The van der Waals surface area contributed by atoms with Gasteiger partial charge >= 0.3 is 0 Å². The zero-order valence-electron chi connectivity index (χ0n) is 12.1. The molecule has 0 aliphatic rings. The van der Waals surface area contributed by atoms with E-state index in [1.807, 2.05) is 12.3 Å². The first-order valence-electron chi connectivity index (χ1n) is 7.37. The van der Waals surface area contributed by atoms with Crippen LogP contribution in [-0.4, -0.2) is 14.4 Å². The number of aryl methyl sites for hydroxylation is 1. The highest BCUT2D eigenvalue weighted by Gasteiger charge is 2.11. The number of aromatic nitrogens is 3. The highest BCUT2D eigenvalue weighted by molar-refractivity contribution is 6.06. The standard InChI is InChI=1S/C19H13N3/c1-12-4-2-6-15-17(12)21-16-10-9-14-8-7-13-5-3-11-20-18(13)19(14)22(15)16/h2-11H,1H3. The highest BCUT2D eigenvalue weighted by atomic mass is 15.0. The Balaban J connectivity index is 2.17. The number of para-hydroxylation sites is 1. The van der Waals surface area contributed by atoms with Crippen LogP contribution in [0.25, 0.3) is 38.5 Å². The summed E-state index contributed by atoms with van der Waals surface area (Å²) in [4.78, 5) is 9.43. The number of imidazole rings is 1. The fourth-order valence-electron chi connectivity index (χ4n) is 3.28. The summed E-state index contributed by atoms with van der Waals surface area (Å²) in [7, 11) is 0. The molecule has 0 radical (unpaired) electrons. The van der Waals surface area contributed by atoms with Gasteiger partial charge in [0.25, 0.3) is 0 Å². The Kier molecular flexibility index (Phi) is 2.15. The van der Waals surface area contributed by atoms with Crippen LogP contribution < -0.4 is 0 Å². The Bertz CT molecular complexity index is 1190. The van der Waals surface area contributed by atoms with E-state index in [4.69, 9.17) is 4.98 Å². The molecule has 0 N–H and O–H groups in total. The average molecular weight is 283 g/mol. The van der Waals surface area contributed by atoms with Crippen molar-refractivity contribution in [1.29, 1.82) is 0 Å². The maximum Gasteiger partial charge on any atom is 0.138 e. The summed E-state index contributed by atoms with van der Waals surface area (Å²) in [5.74, 6) is 0. The van der Waals surface area contributed by atoms with Gasteiger partial charge in [-0.25, -0.2) is 4.98 Å². The van der Waals surface area contributed by atoms with Gasteiger partial charge < -0.3 is 0 Å². The zero-order chi connectivity index (χ0) is 14.7. The first-order valence-corrected chi connectivity index (χ1v) is 7.37. The Hall–Kier alpha value is -2.94. The van der Waals surface area contributed by atoms with Gasteiger partial charge in [-0.15, -0.1) is 0 Å². The molecule has 0 bridgehead atoms. The molecule has 5 aromatic rings. The highest BCUT2D eigenvalue weighted by Crippen LogP contribution is 2.29. The van der Waals surface area contributed by atoms with Gasteiger partial charge in [-0.3, -0.25) is 9.38 Å². The molecule has 5 rings (SSSR count). The largest absolute Gasteiger partial charge is 0.290 e. The molecule has 0 aliphatic carbocycles. The predicted octanol–water partition coefficient (Wildman–Crippen LogP) is 4.50. The molecule has 3 heteroatoms. The van der Waals surface area contributed by atoms with Crippen molar-refractivity contribution in [1.82, 2.24) is 14.4 Å². The number of fused-ring (bicyclic) bond motifs is 7. The quantitative estimate of drug-likeness (QED) is 0.392. The van der Waals surface area contributed by atoms with E-state index in [0.29, 0.717) is 0 Å². The Morgan fingerprint density at radius 1 is 0.818 bits per heavy atom. The number of pyridine rings is 2. The van der Waals surface area contributed by atoms with Crippen molar-refractivity contribution in [2.24, 2.45) is 0 Å². The number of rotatable bonds is 0. The third kappa shape index (κ3) is 1.40. The molecule has 0 saturated carbocycles. The van der Waals surface area contributed by atoms with Crippen LogP contribution in [0.2, 0.25) is 0 Å². The van der Waals surface area contributed by atoms with Gasteiger partial charge in [-0.1, -0.05) is 30.3 Å². The van der Waals surface area contributed by atoms with Crippen LogP contribution in [0.4, 0.5) is 0 Å². The fraction of sp³-hybridized carbons (Fsp3) is 0.0526. The van der Waals surface area contributed by atoms with Gasteiger partial charge in [0.15, 0.2) is 0 Å². The van der Waals surface area contributed by atoms with E-state index in [-0.39, 0.29) is 0 Å². The van der Waals surface area contributed by atoms with Gasteiger partial charge in [0.2, 0.25) is 0 Å². The molecule has 22 heavy (non-hydrogen) atoms. The van der Waals surface area contributed by atoms with E-state index in [2.05, 4.69) is 64.8 Å². The monoisotopic (exact) mass is 283 g/mol. The lowest BCUT2D eigenvalue weighted by atomic mass is 10.1. The van der Waals surface area contributed by atoms with Crippen molar-refractivity contribution >= 4 is 38.5 Å². The zero-order valence-corrected chi connectivity index (χ0v) is 12.1. The van der Waals surface area contributed by atoms with Gasteiger partial charge in [0, 0.05) is 17.0 Å². The van der Waals surface area contributed by atoms with E-state index < -0.39 is 0 Å². The second-order valence-corrected chi connectivity index (χ2v) is 5.66. The van der Waals surface area contributed by atoms with Crippen LogP contribution in [-0.2, 0) is 0 Å². The average Bonchev–Trinajstić information content (AvgIpc) is 2.95. The molecule has 2 aromatic carbocycles. The summed E-state index contributed by atoms with van der Waals surface area (Å²) < 4.78 is 2.23. The Labute approximate surface area is 126 Å². The van der Waals surface area contributed by atoms with Crippen LogP contribution in [0.1, 0.15) is 5.56 Å². The third-order valence-electron chi connectivity index (χ3n) is 4.33. The van der Waals surface area contributed by atoms with Gasteiger partial charge in [0.05, 0.1) is 22.1 Å². The minimum atomic E-state index is 0.968. The maximum absolute atomic E-state index is 4.81. The van der Waals surface area contributed by atoms with Crippen molar-refractivity contribution in [3.63, 3.8) is 0 Å². The molecule has 0 unspecified atom stereocenters. The molecule has 0 amide bonds. The van der Waals surface area contributed by atoms with E-state index in [0.717, 1.165) is 33.1 Å². The van der Waals surface area contributed by atoms with E-state index in [1.165, 1.54) is 10.9 Å². The summed E-state index contributed by atoms with van der Waals surface area (Å²) >= 11 is 0. The fourth-order valence-corrected chi connectivity index (χ4v) is 3.28. The molecule has 0 spiro atoms. The third-order valence-corrected chi connectivity index (χ3v) is 4.33. The van der Waals surface area contributed by atoms with Crippen molar-refractivity contribution in [2.75, 3.05) is 0 Å². The summed E-state index contributed by atoms with van der Waals surface area (Å²) in [6, 6.07) is 18.9. The topological polar surface area (TPSA) is 30.2 Å². The molecule has 0 fully saturated rings. The Morgan fingerprint density at radius 2 is 1.68 bits per heavy atom. The van der Waals surface area contributed by atoms with Crippen LogP contribution >= 0.6 is 0 Å². The summed E-state index contributed by atoms with van der Waals surface area (Å²) in [6.07, 6.45) is 1.85. The second-order valence-electron chi connectivity index (χ2n) is 5.66. The summed E-state index contributed by atoms with van der Waals surface area (Å²) in [5.41, 5.74) is 6.51. The molecular formula is C19H13N3. The lowest BCUT2D eigenvalue weighted by Crippen LogP contribution is -1.91. The van der Waals surface area contributed by atoms with Crippen molar-refractivity contribution in [3.8, 4) is 0 Å². The maximum atomic E-state index is 4.81. The molecule has 0 atom stereocenters. The molecule has 104 valence electrons. The number of benzene rings is 2. The molecule has 3 heterocycles. The number of hydrogen-bond acceptors (Lipinski definition) is 2. The van der Waals surface area contributed by atoms with Crippen molar-refractivity contribution in [3.05, 3.63) is 66.4 Å². The van der Waals surface area contributed by atoms with Gasteiger partial charge in [0.1, 0.15) is 5.65 Å². The van der Waals surface area contributed by atoms with Crippen LogP contribution in [0.15, 0.2) is 60.8 Å². The molecule has 3 nitrogen and oxygen atoms in total. The minimum Gasteiger partial charge on any atom is -0.290 e. The lowest BCUT2D eigenvalue weighted by molar-refractivity contribution is 1.29. The van der Waals surface area contributed by atoms with Crippen LogP contribution in [0, 0.1) is 6.92 Å². The predicted molar refractivity (Wildman–Crippen MR) is 90.2 cm³/mol. The summed E-state index contributed by atoms with van der Waals surface area (Å²) in [5, 5.41) is 2.33. The van der Waals surface area contributed by atoms with Crippen LogP contribution in [0.5, 0.6) is 0 Å². The van der Waals surface area contributed by atoms with Crippen molar-refractivity contribution in [2.45, 2.75) is 6.92 Å². The first kappa shape index (κ1) is 11.7. The van der Waals surface area contributed by atoms with E-state index in [9.17, 15) is 0 Å². The van der Waals surface area contributed by atoms with Crippen molar-refractivity contribution < 1.29 is 0 Å². The van der Waals surface area contributed by atoms with E-state index in [1.54, 1.807) is 0 Å². The van der Waals surface area contributed by atoms with Gasteiger partial charge in [-0.2, -0.15) is 0 Å². The molecular weight excluding hydrogens is 270 g/mol. The second kappa shape index (κ2) is 4.04. The summed E-state index contributed by atoms with van der Waals surface area (Å²) in [6.45, 7) is 2.10. The van der Waals surface area contributed by atoms with Gasteiger partial charge in [-0.05, 0) is 36.8 Å². The first-order chi connectivity index (χ1) is 10.8. The number of nitrogens with zero attached hydrogens (tertiary/aromatic N) is 3. The number of hydrogen-bond donors (Lipinski definition) is 0. The molecule has 0 aliphatic heterocycles. The smallest absolute Gasteiger partial charge is 0.138 e.